The molecule has 3 nitrogen and oxygen atoms in total. The zero-order valence-corrected chi connectivity index (χ0v) is 6.97. The fourth-order valence-electron chi connectivity index (χ4n) is 0.676. The predicted molar refractivity (Wildman–Crippen MR) is 42.8 cm³/mol. The number of halogens is 2. The van der Waals surface area contributed by atoms with Crippen molar-refractivity contribution in [2.75, 3.05) is 5.43 Å². The summed E-state index contributed by atoms with van der Waals surface area (Å²) < 4.78 is 13.1. The molecule has 0 aliphatic rings. The molecule has 0 spiro atoms. The van der Waals surface area contributed by atoms with E-state index in [1.165, 1.54) is 12.1 Å². The summed E-state index contributed by atoms with van der Waals surface area (Å²) in [5, 5.41) is 10.7. The van der Waals surface area contributed by atoms with Gasteiger partial charge in [-0.15, -0.1) is 0 Å². The maximum Gasteiger partial charge on any atom is 0.308 e. The van der Waals surface area contributed by atoms with Crippen LogP contribution in [0.5, 0.6) is 0 Å². The quantitative estimate of drug-likeness (QED) is 0.580. The van der Waals surface area contributed by atoms with Crippen LogP contribution in [0, 0.1) is 11.2 Å². The number of rotatable bonds is 1. The van der Waals surface area contributed by atoms with Crippen molar-refractivity contribution in [3.05, 3.63) is 33.6 Å². The highest BCUT2D eigenvalue weighted by molar-refractivity contribution is 9.10. The van der Waals surface area contributed by atoms with Gasteiger partial charge >= 0.3 is 5.08 Å². The Morgan fingerprint density at radius 3 is 2.73 bits per heavy atom. The molecule has 1 N–H and O–H groups in total. The summed E-state index contributed by atoms with van der Waals surface area (Å²) in [6.07, 6.45) is 0. The van der Waals surface area contributed by atoms with E-state index >= 15 is 0 Å². The Kier molecular flexibility index (Phi) is 2.39. The standard InChI is InChI=1S/C6H4BrFN3/c7-4-1-5(8)3-6(2-4)10-11-9/h1-3,10H/q+1. The lowest BCUT2D eigenvalue weighted by molar-refractivity contribution is 0.627. The number of hydrogen-bond acceptors (Lipinski definition) is 2. The molecule has 56 valence electrons. The van der Waals surface area contributed by atoms with Crippen molar-refractivity contribution >= 4 is 21.6 Å². The Hall–Kier alpha value is -1.15. The van der Waals surface area contributed by atoms with Crippen LogP contribution in [0.2, 0.25) is 0 Å². The molecule has 0 atom stereocenters. The summed E-state index contributed by atoms with van der Waals surface area (Å²) in [4.78, 5) is 0. The van der Waals surface area contributed by atoms with E-state index in [0.717, 1.165) is 0 Å². The number of diazo groups is 1. The van der Waals surface area contributed by atoms with Gasteiger partial charge in [-0.1, -0.05) is 15.9 Å². The molecule has 5 heteroatoms. The van der Waals surface area contributed by atoms with Crippen molar-refractivity contribution in [3.63, 3.8) is 0 Å². The van der Waals surface area contributed by atoms with Gasteiger partial charge in [0, 0.05) is 10.5 Å². The number of nitrogens with zero attached hydrogens (tertiary/aromatic N) is 2. The first-order valence-corrected chi connectivity index (χ1v) is 3.58. The topological polar surface area (TPSA) is 40.2 Å². The molecule has 0 unspecified atom stereocenters. The second kappa shape index (κ2) is 3.30. The number of hydrogen-bond donors (Lipinski definition) is 1. The summed E-state index contributed by atoms with van der Waals surface area (Å²) in [6.45, 7) is 0. The number of nitrogens with one attached hydrogen (secondary N) is 1. The molecule has 0 amide bonds. The molecule has 11 heavy (non-hydrogen) atoms. The lowest BCUT2D eigenvalue weighted by atomic mass is 10.3. The normalized spacial score (nSPS) is 8.82. The van der Waals surface area contributed by atoms with Gasteiger partial charge in [0.2, 0.25) is 0 Å². The van der Waals surface area contributed by atoms with Crippen LogP contribution in [0.1, 0.15) is 0 Å². The first-order chi connectivity index (χ1) is 5.22. The monoisotopic (exact) mass is 216 g/mol. The summed E-state index contributed by atoms with van der Waals surface area (Å²) >= 11 is 3.08. The van der Waals surface area contributed by atoms with Crippen molar-refractivity contribution < 1.29 is 4.39 Å². The molecule has 1 rings (SSSR count). The molecule has 0 heterocycles. The Morgan fingerprint density at radius 1 is 1.45 bits per heavy atom. The minimum absolute atomic E-state index is 0.388. The highest BCUT2D eigenvalue weighted by Gasteiger charge is 2.01. The van der Waals surface area contributed by atoms with Gasteiger partial charge in [-0.05, 0) is 17.6 Å². The molecule has 0 saturated carbocycles. The molecule has 0 aliphatic carbocycles. The van der Waals surface area contributed by atoms with E-state index in [1.807, 2.05) is 0 Å². The van der Waals surface area contributed by atoms with Crippen LogP contribution in [0.25, 0.3) is 5.08 Å². The largest absolute Gasteiger partial charge is 0.308 e. The molecule has 0 fully saturated rings. The highest BCUT2D eigenvalue weighted by atomic mass is 79.9. The third kappa shape index (κ3) is 2.16. The van der Waals surface area contributed by atoms with Crippen LogP contribution in [0.3, 0.4) is 0 Å². The van der Waals surface area contributed by atoms with Crippen molar-refractivity contribution in [2.24, 2.45) is 0 Å². The molecule has 0 aliphatic heterocycles. The summed E-state index contributed by atoms with van der Waals surface area (Å²) in [5.41, 5.74) is 2.59. The highest BCUT2D eigenvalue weighted by Crippen LogP contribution is 2.18. The fraction of sp³-hybridized carbons (Fsp3) is 0. The minimum Gasteiger partial charge on any atom is -0.207 e. The van der Waals surface area contributed by atoms with Crippen LogP contribution in [0.15, 0.2) is 22.7 Å². The van der Waals surface area contributed by atoms with Crippen LogP contribution in [-0.2, 0) is 0 Å². The van der Waals surface area contributed by atoms with Crippen molar-refractivity contribution in [1.29, 1.82) is 5.39 Å². The lowest BCUT2D eigenvalue weighted by Gasteiger charge is -1.92. The Labute approximate surface area is 70.9 Å². The van der Waals surface area contributed by atoms with Crippen molar-refractivity contribution in [3.8, 4) is 0 Å². The average Bonchev–Trinajstić information content (AvgIpc) is 1.85. The van der Waals surface area contributed by atoms with E-state index in [9.17, 15) is 4.39 Å². The average molecular weight is 217 g/mol. The summed E-state index contributed by atoms with van der Waals surface area (Å²) in [5.74, 6) is -0.398. The zero-order chi connectivity index (χ0) is 8.27. The van der Waals surface area contributed by atoms with Gasteiger partial charge in [0.25, 0.3) is 5.39 Å². The van der Waals surface area contributed by atoms with E-state index in [-0.39, 0.29) is 0 Å². The van der Waals surface area contributed by atoms with Gasteiger partial charge in [0.1, 0.15) is 11.5 Å². The fourth-order valence-corrected chi connectivity index (χ4v) is 1.14. The Balaban J connectivity index is 3.01. The summed E-state index contributed by atoms with van der Waals surface area (Å²) in [7, 11) is 0. The van der Waals surface area contributed by atoms with Crippen LogP contribution < -0.4 is 5.43 Å². The second-order valence-corrected chi connectivity index (χ2v) is 2.79. The lowest BCUT2D eigenvalue weighted by Crippen LogP contribution is -1.85. The molecule has 0 saturated heterocycles. The minimum atomic E-state index is -0.398. The predicted octanol–water partition coefficient (Wildman–Crippen LogP) is 2.77. The van der Waals surface area contributed by atoms with Crippen molar-refractivity contribution in [1.82, 2.24) is 0 Å². The van der Waals surface area contributed by atoms with Gasteiger partial charge < -0.3 is 0 Å². The maximum atomic E-state index is 12.6. The smallest absolute Gasteiger partial charge is 0.207 e. The molecule has 1 aromatic carbocycles. The van der Waals surface area contributed by atoms with E-state index in [2.05, 4.69) is 26.4 Å². The molecule has 0 radical (unpaired) electrons. The molecular weight excluding hydrogens is 213 g/mol. The number of anilines is 1. The molecule has 0 bridgehead atoms. The zero-order valence-electron chi connectivity index (χ0n) is 5.38. The van der Waals surface area contributed by atoms with Crippen LogP contribution in [-0.4, -0.2) is 0 Å². The van der Waals surface area contributed by atoms with E-state index in [4.69, 9.17) is 5.39 Å². The van der Waals surface area contributed by atoms with Gasteiger partial charge in [0.15, 0.2) is 0 Å². The molecular formula is C6H4BrFN3+. The Morgan fingerprint density at radius 2 is 2.18 bits per heavy atom. The van der Waals surface area contributed by atoms with Gasteiger partial charge in [-0.3, -0.25) is 0 Å². The molecule has 0 aromatic heterocycles. The van der Waals surface area contributed by atoms with Crippen LogP contribution >= 0.6 is 15.9 Å². The maximum absolute atomic E-state index is 12.6. The van der Waals surface area contributed by atoms with E-state index < -0.39 is 5.82 Å². The van der Waals surface area contributed by atoms with Gasteiger partial charge in [-0.25, -0.2) is 4.39 Å². The third-order valence-corrected chi connectivity index (χ3v) is 1.50. The third-order valence-electron chi connectivity index (χ3n) is 1.04. The second-order valence-electron chi connectivity index (χ2n) is 1.87. The van der Waals surface area contributed by atoms with E-state index in [0.29, 0.717) is 10.2 Å². The van der Waals surface area contributed by atoms with E-state index in [1.54, 1.807) is 6.07 Å². The first-order valence-electron chi connectivity index (χ1n) is 2.78. The van der Waals surface area contributed by atoms with Gasteiger partial charge in [0.05, 0.1) is 0 Å². The Bertz CT molecular complexity index is 287. The van der Waals surface area contributed by atoms with Crippen LogP contribution in [0.4, 0.5) is 10.1 Å². The van der Waals surface area contributed by atoms with Crippen molar-refractivity contribution in [2.45, 2.75) is 0 Å². The van der Waals surface area contributed by atoms with Gasteiger partial charge in [-0.2, -0.15) is 0 Å². The summed E-state index contributed by atoms with van der Waals surface area (Å²) in [6, 6.07) is 4.11. The number of benzene rings is 1. The molecule has 1 aromatic rings. The first kappa shape index (κ1) is 7.95. The SMILES string of the molecule is N#[N+]Nc1cc(F)cc(Br)c1.